The van der Waals surface area contributed by atoms with Gasteiger partial charge in [-0.05, 0) is 51.1 Å². The van der Waals surface area contributed by atoms with Crippen LogP contribution in [0.15, 0.2) is 30.3 Å². The van der Waals surface area contributed by atoms with E-state index in [1.54, 1.807) is 0 Å². The fourth-order valence-electron chi connectivity index (χ4n) is 4.21. The van der Waals surface area contributed by atoms with Crippen LogP contribution in [-0.2, 0) is 0 Å². The molecule has 6 nitrogen and oxygen atoms in total. The zero-order valence-corrected chi connectivity index (χ0v) is 16.2. The van der Waals surface area contributed by atoms with Gasteiger partial charge >= 0.3 is 0 Å². The van der Waals surface area contributed by atoms with E-state index in [1.807, 2.05) is 56.0 Å². The molecule has 4 rings (SSSR count). The number of anilines is 1. The van der Waals surface area contributed by atoms with E-state index < -0.39 is 0 Å². The second-order valence-corrected chi connectivity index (χ2v) is 7.54. The number of ether oxygens (including phenoxy) is 1. The predicted molar refractivity (Wildman–Crippen MR) is 104 cm³/mol. The maximum Gasteiger partial charge on any atom is 0.253 e. The summed E-state index contributed by atoms with van der Waals surface area (Å²) in [5.74, 6) is 2.71. The van der Waals surface area contributed by atoms with Gasteiger partial charge in [0.1, 0.15) is 5.75 Å². The van der Waals surface area contributed by atoms with Crippen LogP contribution in [0.25, 0.3) is 0 Å². The van der Waals surface area contributed by atoms with Gasteiger partial charge in [-0.15, -0.1) is 0 Å². The minimum Gasteiger partial charge on any atom is -0.494 e. The molecular weight excluding hydrogens is 340 g/mol. The molecular formula is C21H26N4O2. The van der Waals surface area contributed by atoms with E-state index in [0.29, 0.717) is 18.4 Å². The van der Waals surface area contributed by atoms with Crippen molar-refractivity contribution in [2.45, 2.75) is 20.8 Å². The summed E-state index contributed by atoms with van der Waals surface area (Å²) in [6.07, 6.45) is 0. The molecule has 0 N–H and O–H groups in total. The number of benzene rings is 1. The highest BCUT2D eigenvalue weighted by atomic mass is 16.5. The smallest absolute Gasteiger partial charge is 0.253 e. The van der Waals surface area contributed by atoms with Crippen molar-refractivity contribution in [1.82, 2.24) is 14.9 Å². The molecule has 27 heavy (non-hydrogen) atoms. The first-order valence-corrected chi connectivity index (χ1v) is 9.63. The average molecular weight is 366 g/mol. The van der Waals surface area contributed by atoms with Crippen LogP contribution in [0.5, 0.6) is 5.75 Å². The minimum absolute atomic E-state index is 0.113. The number of fused-ring (bicyclic) bond motifs is 1. The lowest BCUT2D eigenvalue weighted by Crippen LogP contribution is -2.33. The van der Waals surface area contributed by atoms with Gasteiger partial charge in [-0.3, -0.25) is 4.79 Å². The molecule has 2 saturated heterocycles. The lowest BCUT2D eigenvalue weighted by Gasteiger charge is -2.22. The zero-order valence-electron chi connectivity index (χ0n) is 16.2. The third-order valence-corrected chi connectivity index (χ3v) is 5.44. The number of hydrogen-bond donors (Lipinski definition) is 0. The highest BCUT2D eigenvalue weighted by molar-refractivity contribution is 5.94. The van der Waals surface area contributed by atoms with Gasteiger partial charge in [-0.1, -0.05) is 0 Å². The Labute approximate surface area is 160 Å². The van der Waals surface area contributed by atoms with E-state index in [2.05, 4.69) is 14.9 Å². The molecule has 2 atom stereocenters. The monoisotopic (exact) mass is 366 g/mol. The normalized spacial score (nSPS) is 21.4. The largest absolute Gasteiger partial charge is 0.494 e. The van der Waals surface area contributed by atoms with Crippen molar-refractivity contribution in [3.63, 3.8) is 0 Å². The molecule has 2 unspecified atom stereocenters. The van der Waals surface area contributed by atoms with E-state index in [1.165, 1.54) is 0 Å². The van der Waals surface area contributed by atoms with Gasteiger partial charge in [0.05, 0.1) is 6.61 Å². The van der Waals surface area contributed by atoms with Gasteiger partial charge in [-0.2, -0.15) is 0 Å². The summed E-state index contributed by atoms with van der Waals surface area (Å²) in [7, 11) is 0. The molecule has 2 fully saturated rings. The highest BCUT2D eigenvalue weighted by Crippen LogP contribution is 2.33. The Morgan fingerprint density at radius 2 is 1.63 bits per heavy atom. The van der Waals surface area contributed by atoms with Crippen LogP contribution in [-0.4, -0.2) is 53.6 Å². The fraction of sp³-hybridized carbons (Fsp3) is 0.476. The number of likely N-dealkylation sites (tertiary alicyclic amines) is 1. The molecule has 0 radical (unpaired) electrons. The van der Waals surface area contributed by atoms with Gasteiger partial charge in [0.25, 0.3) is 5.91 Å². The van der Waals surface area contributed by atoms with E-state index in [9.17, 15) is 4.79 Å². The lowest BCUT2D eigenvalue weighted by atomic mass is 10.0. The quantitative estimate of drug-likeness (QED) is 0.833. The molecule has 1 amide bonds. The number of aryl methyl sites for hydroxylation is 2. The standard InChI is InChI=1S/C21H26N4O2/c1-4-27-19-7-5-16(6-8-19)20(26)24-10-17-12-25(13-18(17)11-24)21-22-14(2)9-15(3)23-21/h5-9,17-18H,4,10-13H2,1-3H3. The van der Waals surface area contributed by atoms with Gasteiger partial charge in [0, 0.05) is 55.0 Å². The predicted octanol–water partition coefficient (Wildman–Crippen LogP) is 2.70. The molecule has 6 heteroatoms. The van der Waals surface area contributed by atoms with Crippen LogP contribution in [0, 0.1) is 25.7 Å². The molecule has 142 valence electrons. The van der Waals surface area contributed by atoms with Crippen LogP contribution in [0.1, 0.15) is 28.7 Å². The second-order valence-electron chi connectivity index (χ2n) is 7.54. The summed E-state index contributed by atoms with van der Waals surface area (Å²) >= 11 is 0. The van der Waals surface area contributed by atoms with E-state index in [-0.39, 0.29) is 5.91 Å². The average Bonchev–Trinajstić information content (AvgIpc) is 3.20. The first-order chi connectivity index (χ1) is 13.0. The Kier molecular flexibility index (Phi) is 4.72. The molecule has 1 aromatic heterocycles. The van der Waals surface area contributed by atoms with Crippen molar-refractivity contribution >= 4 is 11.9 Å². The Morgan fingerprint density at radius 3 is 2.19 bits per heavy atom. The van der Waals surface area contributed by atoms with Crippen molar-refractivity contribution in [1.29, 1.82) is 0 Å². The Balaban J connectivity index is 1.40. The molecule has 0 spiro atoms. The maximum atomic E-state index is 12.8. The Bertz CT molecular complexity index is 802. The van der Waals surface area contributed by atoms with Crippen molar-refractivity contribution in [2.75, 3.05) is 37.7 Å². The molecule has 3 heterocycles. The summed E-state index contributed by atoms with van der Waals surface area (Å²) < 4.78 is 5.46. The Morgan fingerprint density at radius 1 is 1.04 bits per heavy atom. The topological polar surface area (TPSA) is 58.6 Å². The molecule has 0 aliphatic carbocycles. The van der Waals surface area contributed by atoms with Crippen molar-refractivity contribution in [3.8, 4) is 5.75 Å². The number of amides is 1. The minimum atomic E-state index is 0.113. The van der Waals surface area contributed by atoms with E-state index >= 15 is 0 Å². The van der Waals surface area contributed by atoms with Crippen LogP contribution in [0.4, 0.5) is 5.95 Å². The number of nitrogens with zero attached hydrogens (tertiary/aromatic N) is 4. The van der Waals surface area contributed by atoms with Gasteiger partial charge in [0.15, 0.2) is 0 Å². The second kappa shape index (κ2) is 7.18. The van der Waals surface area contributed by atoms with Crippen molar-refractivity contribution in [2.24, 2.45) is 11.8 Å². The van der Waals surface area contributed by atoms with Crippen LogP contribution >= 0.6 is 0 Å². The summed E-state index contributed by atoms with van der Waals surface area (Å²) in [6, 6.07) is 9.45. The molecule has 2 aliphatic heterocycles. The Hall–Kier alpha value is -2.63. The molecule has 0 saturated carbocycles. The number of aromatic nitrogens is 2. The summed E-state index contributed by atoms with van der Waals surface area (Å²) in [6.45, 7) is 10.0. The zero-order chi connectivity index (χ0) is 19.0. The summed E-state index contributed by atoms with van der Waals surface area (Å²) in [4.78, 5) is 26.3. The third kappa shape index (κ3) is 3.61. The number of carbonyl (C=O) groups is 1. The lowest BCUT2D eigenvalue weighted by molar-refractivity contribution is 0.0782. The number of rotatable bonds is 4. The molecule has 0 bridgehead atoms. The highest BCUT2D eigenvalue weighted by Gasteiger charge is 2.42. The summed E-state index contributed by atoms with van der Waals surface area (Å²) in [5, 5.41) is 0. The summed E-state index contributed by atoms with van der Waals surface area (Å²) in [5.41, 5.74) is 2.73. The van der Waals surface area contributed by atoms with Gasteiger partial charge < -0.3 is 14.5 Å². The van der Waals surface area contributed by atoms with Gasteiger partial charge in [-0.25, -0.2) is 9.97 Å². The number of carbonyl (C=O) groups excluding carboxylic acids is 1. The van der Waals surface area contributed by atoms with E-state index in [4.69, 9.17) is 4.74 Å². The number of hydrogen-bond acceptors (Lipinski definition) is 5. The van der Waals surface area contributed by atoms with E-state index in [0.717, 1.165) is 54.8 Å². The first-order valence-electron chi connectivity index (χ1n) is 9.63. The molecule has 2 aromatic rings. The van der Waals surface area contributed by atoms with Crippen molar-refractivity contribution in [3.05, 3.63) is 47.3 Å². The van der Waals surface area contributed by atoms with Crippen LogP contribution in [0.3, 0.4) is 0 Å². The van der Waals surface area contributed by atoms with Crippen LogP contribution < -0.4 is 9.64 Å². The SMILES string of the molecule is CCOc1ccc(C(=O)N2CC3CN(c4nc(C)cc(C)n4)CC3C2)cc1. The maximum absolute atomic E-state index is 12.8. The molecule has 1 aromatic carbocycles. The third-order valence-electron chi connectivity index (χ3n) is 5.44. The first kappa shape index (κ1) is 17.8. The van der Waals surface area contributed by atoms with Crippen LogP contribution in [0.2, 0.25) is 0 Å². The van der Waals surface area contributed by atoms with Crippen molar-refractivity contribution < 1.29 is 9.53 Å². The fourth-order valence-corrected chi connectivity index (χ4v) is 4.21. The van der Waals surface area contributed by atoms with Gasteiger partial charge in [0.2, 0.25) is 5.95 Å². The molecule has 2 aliphatic rings.